The van der Waals surface area contributed by atoms with Crippen molar-refractivity contribution in [1.29, 1.82) is 0 Å². The van der Waals surface area contributed by atoms with E-state index >= 15 is 0 Å². The molecule has 10 nitrogen and oxygen atoms in total. The van der Waals surface area contributed by atoms with Crippen molar-refractivity contribution in [1.82, 2.24) is 9.88 Å². The number of fused-ring (bicyclic) bond motifs is 1. The van der Waals surface area contributed by atoms with E-state index in [0.717, 1.165) is 48.3 Å². The second kappa shape index (κ2) is 13.0. The van der Waals surface area contributed by atoms with Crippen molar-refractivity contribution in [2.75, 3.05) is 37.5 Å². The number of Topliss-reactive ketones (excluding diaryl/α,β-unsaturated/α-hetero) is 1. The molecule has 206 valence electrons. The summed E-state index contributed by atoms with van der Waals surface area (Å²) in [5, 5.41) is -0.154. The van der Waals surface area contributed by atoms with Crippen LogP contribution in [-0.4, -0.2) is 61.9 Å². The molecule has 1 aliphatic heterocycles. The average Bonchev–Trinajstić information content (AvgIpc) is 3.38. The summed E-state index contributed by atoms with van der Waals surface area (Å²) in [6, 6.07) is 14.9. The van der Waals surface area contributed by atoms with E-state index in [0.29, 0.717) is 17.9 Å². The van der Waals surface area contributed by atoms with Crippen molar-refractivity contribution in [3.63, 3.8) is 0 Å². The van der Waals surface area contributed by atoms with Crippen molar-refractivity contribution in [2.45, 2.75) is 24.8 Å². The van der Waals surface area contributed by atoms with Gasteiger partial charge >= 0.3 is 0 Å². The van der Waals surface area contributed by atoms with Gasteiger partial charge in [-0.3, -0.25) is 14.3 Å². The number of sulfonamides is 1. The van der Waals surface area contributed by atoms with E-state index in [1.165, 1.54) is 37.4 Å². The number of anilines is 1. The fraction of sp³-hybridized carbons (Fsp3) is 0.296. The van der Waals surface area contributed by atoms with Gasteiger partial charge < -0.3 is 19.1 Å². The molecule has 0 bridgehead atoms. The van der Waals surface area contributed by atoms with Crippen LogP contribution < -0.4 is 18.9 Å². The van der Waals surface area contributed by atoms with Crippen molar-refractivity contribution in [3.8, 4) is 17.2 Å². The molecule has 0 fully saturated rings. The van der Waals surface area contributed by atoms with Crippen LogP contribution in [0, 0.1) is 0 Å². The van der Waals surface area contributed by atoms with Crippen molar-refractivity contribution in [3.05, 3.63) is 71.9 Å². The molecular formula is C27H29N3O7S2. The monoisotopic (exact) mass is 571 g/mol. The predicted molar refractivity (Wildman–Crippen MR) is 148 cm³/mol. The molecule has 2 aromatic carbocycles. The molecule has 0 saturated carbocycles. The fourth-order valence-electron chi connectivity index (χ4n) is 3.74. The molecule has 1 N–H and O–H groups in total. The number of nitrogens with one attached hydrogen (secondary N) is 1. The molecule has 39 heavy (non-hydrogen) atoms. The summed E-state index contributed by atoms with van der Waals surface area (Å²) in [6.45, 7) is 3.71. The van der Waals surface area contributed by atoms with E-state index in [1.807, 2.05) is 25.2 Å². The highest BCUT2D eigenvalue weighted by Crippen LogP contribution is 2.32. The van der Waals surface area contributed by atoms with Gasteiger partial charge in [-0.1, -0.05) is 17.8 Å². The molecule has 1 aromatic heterocycles. The van der Waals surface area contributed by atoms with Gasteiger partial charge in [-0.15, -0.1) is 0 Å². The highest BCUT2D eigenvalue weighted by atomic mass is 32.2. The minimum atomic E-state index is -3.88. The lowest BCUT2D eigenvalue weighted by atomic mass is 10.2. The minimum Gasteiger partial charge on any atom is -0.494 e. The molecule has 2 heterocycles. The summed E-state index contributed by atoms with van der Waals surface area (Å²) in [5.74, 6) is 1.93. The Bertz CT molecular complexity index is 1410. The van der Waals surface area contributed by atoms with Crippen LogP contribution in [-0.2, 0) is 21.4 Å². The Balaban J connectivity index is 1.21. The number of ether oxygens (including phenoxy) is 3. The second-order valence-corrected chi connectivity index (χ2v) is 11.7. The van der Waals surface area contributed by atoms with E-state index in [1.54, 1.807) is 12.1 Å². The first-order valence-corrected chi connectivity index (χ1v) is 14.6. The molecule has 4 rings (SSSR count). The maximum absolute atomic E-state index is 12.7. The van der Waals surface area contributed by atoms with Crippen LogP contribution in [0.15, 0.2) is 65.7 Å². The van der Waals surface area contributed by atoms with E-state index in [-0.39, 0.29) is 34.2 Å². The number of carbonyl (C=O) groups is 2. The number of aromatic nitrogens is 1. The maximum atomic E-state index is 12.7. The molecule has 0 amide bonds. The molecule has 0 atom stereocenters. The van der Waals surface area contributed by atoms with E-state index in [4.69, 9.17) is 14.2 Å². The number of hydrogen-bond acceptors (Lipinski definition) is 10. The molecule has 3 aromatic rings. The first-order valence-electron chi connectivity index (χ1n) is 12.1. The third-order valence-corrected chi connectivity index (χ3v) is 7.89. The molecule has 12 heteroatoms. The SMILES string of the molecule is CC(=O)SCC(=O)c1ccc(NS(=O)(=O)c2ccc(OCCCN(C)Cc3ccc4c(c3)OCO4)cc2)nc1. The second-order valence-electron chi connectivity index (χ2n) is 8.84. The number of pyridine rings is 1. The number of benzene rings is 2. The zero-order valence-corrected chi connectivity index (χ0v) is 23.2. The molecule has 0 saturated heterocycles. The van der Waals surface area contributed by atoms with Crippen LogP contribution in [0.3, 0.4) is 0 Å². The quantitative estimate of drug-likeness (QED) is 0.238. The Hall–Kier alpha value is -3.61. The molecule has 1 aliphatic rings. The van der Waals surface area contributed by atoms with Gasteiger partial charge in [0.25, 0.3) is 10.0 Å². The van der Waals surface area contributed by atoms with Gasteiger partial charge in [0.05, 0.1) is 17.3 Å². The van der Waals surface area contributed by atoms with Gasteiger partial charge in [-0.25, -0.2) is 13.4 Å². The number of ketones is 1. The maximum Gasteiger partial charge on any atom is 0.263 e. The number of rotatable bonds is 13. The Labute approximate surface area is 231 Å². The zero-order valence-electron chi connectivity index (χ0n) is 21.6. The molecule has 0 unspecified atom stereocenters. The third-order valence-electron chi connectivity index (χ3n) is 5.71. The third kappa shape index (κ3) is 8.19. The molecule has 0 spiro atoms. The zero-order chi connectivity index (χ0) is 27.8. The van der Waals surface area contributed by atoms with E-state index in [2.05, 4.69) is 14.6 Å². The van der Waals surface area contributed by atoms with Crippen LogP contribution in [0.2, 0.25) is 0 Å². The number of hydrogen-bond donors (Lipinski definition) is 1. The Kier molecular flexibility index (Phi) is 9.44. The number of thioether (sulfide) groups is 1. The Morgan fingerprint density at radius 2 is 1.85 bits per heavy atom. The topological polar surface area (TPSA) is 124 Å². The van der Waals surface area contributed by atoms with Crippen LogP contribution in [0.5, 0.6) is 17.2 Å². The van der Waals surface area contributed by atoms with Gasteiger partial charge in [-0.05, 0) is 67.6 Å². The van der Waals surface area contributed by atoms with Crippen LogP contribution in [0.25, 0.3) is 0 Å². The van der Waals surface area contributed by atoms with Crippen molar-refractivity contribution < 1.29 is 32.2 Å². The minimum absolute atomic E-state index is 0.00831. The molecular weight excluding hydrogens is 542 g/mol. The fourth-order valence-corrected chi connectivity index (χ4v) is 5.25. The smallest absolute Gasteiger partial charge is 0.263 e. The standard InChI is InChI=1S/C27H29N3O7S2/c1-19(31)38-17-24(32)21-5-11-27(28-15-21)29-39(33,34)23-8-6-22(7-9-23)35-13-3-12-30(2)16-20-4-10-25-26(14-20)37-18-36-25/h4-11,14-15H,3,12-13,16-18H2,1-2H3,(H,28,29). The lowest BCUT2D eigenvalue weighted by Gasteiger charge is -2.17. The Morgan fingerprint density at radius 3 is 2.56 bits per heavy atom. The largest absolute Gasteiger partial charge is 0.494 e. The first-order chi connectivity index (χ1) is 18.7. The van der Waals surface area contributed by atoms with Gasteiger partial charge in [0, 0.05) is 31.8 Å². The van der Waals surface area contributed by atoms with Crippen molar-refractivity contribution >= 4 is 38.5 Å². The summed E-state index contributed by atoms with van der Waals surface area (Å²) in [5.41, 5.74) is 1.43. The van der Waals surface area contributed by atoms with Gasteiger partial charge in [0.1, 0.15) is 11.6 Å². The first kappa shape index (κ1) is 28.4. The summed E-state index contributed by atoms with van der Waals surface area (Å²) < 4.78 is 44.4. The van der Waals surface area contributed by atoms with Gasteiger partial charge in [0.2, 0.25) is 6.79 Å². The van der Waals surface area contributed by atoms with Crippen LogP contribution in [0.4, 0.5) is 5.82 Å². The lowest BCUT2D eigenvalue weighted by molar-refractivity contribution is -0.109. The van der Waals surface area contributed by atoms with Gasteiger partial charge in [-0.2, -0.15) is 0 Å². The van der Waals surface area contributed by atoms with Crippen molar-refractivity contribution in [2.24, 2.45) is 0 Å². The van der Waals surface area contributed by atoms with E-state index < -0.39 is 10.0 Å². The predicted octanol–water partition coefficient (Wildman–Crippen LogP) is 3.97. The number of carbonyl (C=O) groups excluding carboxylic acids is 2. The lowest BCUT2D eigenvalue weighted by Crippen LogP contribution is -2.20. The Morgan fingerprint density at radius 1 is 1.08 bits per heavy atom. The highest BCUT2D eigenvalue weighted by Gasteiger charge is 2.16. The number of nitrogens with zero attached hydrogens (tertiary/aromatic N) is 2. The summed E-state index contributed by atoms with van der Waals surface area (Å²) in [4.78, 5) is 29.3. The summed E-state index contributed by atoms with van der Waals surface area (Å²) in [6.07, 6.45) is 2.07. The average molecular weight is 572 g/mol. The highest BCUT2D eigenvalue weighted by molar-refractivity contribution is 8.14. The summed E-state index contributed by atoms with van der Waals surface area (Å²) in [7, 11) is -1.85. The van der Waals surface area contributed by atoms with Crippen LogP contribution in [0.1, 0.15) is 29.3 Å². The van der Waals surface area contributed by atoms with E-state index in [9.17, 15) is 18.0 Å². The normalized spacial score (nSPS) is 12.4. The molecule has 0 radical (unpaired) electrons. The van der Waals surface area contributed by atoms with Gasteiger partial charge in [0.15, 0.2) is 22.4 Å². The van der Waals surface area contributed by atoms with Crippen LogP contribution >= 0.6 is 11.8 Å². The summed E-state index contributed by atoms with van der Waals surface area (Å²) >= 11 is 0.910. The molecule has 0 aliphatic carbocycles.